The first-order valence-electron chi connectivity index (χ1n) is 12.4. The molecule has 0 aliphatic carbocycles. The van der Waals surface area contributed by atoms with Gasteiger partial charge in [0.25, 0.3) is 0 Å². The zero-order chi connectivity index (χ0) is 23.6. The normalized spacial score (nSPS) is 19.8. The molecule has 1 aliphatic heterocycles. The molecule has 0 radical (unpaired) electrons. The van der Waals surface area contributed by atoms with Gasteiger partial charge < -0.3 is 10.1 Å². The van der Waals surface area contributed by atoms with E-state index in [0.29, 0.717) is 12.5 Å². The summed E-state index contributed by atoms with van der Waals surface area (Å²) < 4.78 is 5.71. The Kier molecular flexibility index (Phi) is 7.06. The largest absolute Gasteiger partial charge is 0.383 e. The number of hydrogen-bond donors (Lipinski definition) is 2. The van der Waals surface area contributed by atoms with Crippen molar-refractivity contribution in [2.24, 2.45) is 0 Å². The van der Waals surface area contributed by atoms with Gasteiger partial charge in [0.15, 0.2) is 0 Å². The van der Waals surface area contributed by atoms with Gasteiger partial charge >= 0.3 is 0 Å². The Morgan fingerprint density at radius 1 is 1.06 bits per heavy atom. The van der Waals surface area contributed by atoms with E-state index >= 15 is 0 Å². The van der Waals surface area contributed by atoms with E-state index in [-0.39, 0.29) is 11.5 Å². The van der Waals surface area contributed by atoms with Crippen LogP contribution in [0.5, 0.6) is 0 Å². The van der Waals surface area contributed by atoms with Gasteiger partial charge in [0.05, 0.1) is 12.3 Å². The monoisotopic (exact) mass is 445 g/mol. The van der Waals surface area contributed by atoms with Gasteiger partial charge in [-0.15, -0.1) is 0 Å². The van der Waals surface area contributed by atoms with E-state index in [2.05, 4.69) is 87.5 Å². The molecule has 4 nitrogen and oxygen atoms in total. The number of methoxy groups -OCH3 is 1. The van der Waals surface area contributed by atoms with Crippen molar-refractivity contribution < 1.29 is 4.74 Å². The molecule has 2 heterocycles. The highest BCUT2D eigenvalue weighted by Gasteiger charge is 2.46. The van der Waals surface area contributed by atoms with Crippen LogP contribution in [0.25, 0.3) is 11.3 Å². The van der Waals surface area contributed by atoms with Gasteiger partial charge in [-0.1, -0.05) is 62.2 Å². The molecule has 0 saturated carbocycles. The maximum absolute atomic E-state index is 5.71. The van der Waals surface area contributed by atoms with Crippen LogP contribution < -0.4 is 5.32 Å². The standard InChI is InChI=1S/C29H39N3O/c1-7-13-29(8-2,28-23-12-10-9-11-22(23)17-30-25(28)18-33-6)26-16-24(31-32-26)27-20(4)14-19(3)15-21(27)5/h9-12,14-16,25,28,30H,7-8,13,17-18H2,1-6H3,(H,31,32). The Morgan fingerprint density at radius 3 is 2.45 bits per heavy atom. The van der Waals surface area contributed by atoms with Gasteiger partial charge in [0.1, 0.15) is 0 Å². The minimum atomic E-state index is -0.0563. The van der Waals surface area contributed by atoms with Gasteiger partial charge in [0, 0.05) is 42.3 Å². The average Bonchev–Trinajstić information content (AvgIpc) is 3.27. The molecular formula is C29H39N3O. The summed E-state index contributed by atoms with van der Waals surface area (Å²) in [6, 6.07) is 16.0. The van der Waals surface area contributed by atoms with E-state index in [4.69, 9.17) is 9.84 Å². The van der Waals surface area contributed by atoms with Crippen LogP contribution in [-0.4, -0.2) is 30.0 Å². The Morgan fingerprint density at radius 2 is 1.79 bits per heavy atom. The lowest BCUT2D eigenvalue weighted by Crippen LogP contribution is -2.51. The van der Waals surface area contributed by atoms with Crippen LogP contribution >= 0.6 is 0 Å². The third-order valence-electron chi connectivity index (χ3n) is 7.66. The van der Waals surface area contributed by atoms with Gasteiger partial charge in [-0.3, -0.25) is 5.10 Å². The summed E-state index contributed by atoms with van der Waals surface area (Å²) in [5.74, 6) is 0.306. The minimum Gasteiger partial charge on any atom is -0.383 e. The first-order chi connectivity index (χ1) is 15.9. The van der Waals surface area contributed by atoms with E-state index in [9.17, 15) is 0 Å². The van der Waals surface area contributed by atoms with Crippen molar-refractivity contribution >= 4 is 0 Å². The molecule has 176 valence electrons. The number of nitrogens with zero attached hydrogens (tertiary/aromatic N) is 1. The summed E-state index contributed by atoms with van der Waals surface area (Å²) in [6.45, 7) is 12.8. The Labute approximate surface area is 199 Å². The maximum Gasteiger partial charge on any atom is 0.0929 e. The highest BCUT2D eigenvalue weighted by atomic mass is 16.5. The molecule has 0 spiro atoms. The van der Waals surface area contributed by atoms with Crippen LogP contribution in [0.4, 0.5) is 0 Å². The zero-order valence-electron chi connectivity index (χ0n) is 21.1. The molecule has 33 heavy (non-hydrogen) atoms. The molecule has 2 aromatic carbocycles. The van der Waals surface area contributed by atoms with E-state index in [1.54, 1.807) is 0 Å². The average molecular weight is 446 g/mol. The predicted octanol–water partition coefficient (Wildman–Crippen LogP) is 6.35. The van der Waals surface area contributed by atoms with Crippen molar-refractivity contribution in [3.63, 3.8) is 0 Å². The zero-order valence-corrected chi connectivity index (χ0v) is 21.1. The molecule has 0 fully saturated rings. The molecule has 4 rings (SSSR count). The molecule has 3 atom stereocenters. The number of aromatic nitrogens is 2. The van der Waals surface area contributed by atoms with Crippen LogP contribution in [0.1, 0.15) is 72.5 Å². The second kappa shape index (κ2) is 9.82. The van der Waals surface area contributed by atoms with Crippen LogP contribution in [0.15, 0.2) is 42.5 Å². The molecule has 4 heteroatoms. The Balaban J connectivity index is 1.87. The summed E-state index contributed by atoms with van der Waals surface area (Å²) in [5, 5.41) is 12.2. The lowest BCUT2D eigenvalue weighted by atomic mass is 9.61. The van der Waals surface area contributed by atoms with Crippen molar-refractivity contribution in [2.45, 2.75) is 77.8 Å². The van der Waals surface area contributed by atoms with Crippen LogP contribution in [0.3, 0.4) is 0 Å². The number of ether oxygens (including phenoxy) is 1. The van der Waals surface area contributed by atoms with Crippen molar-refractivity contribution in [1.82, 2.24) is 15.5 Å². The van der Waals surface area contributed by atoms with E-state index in [1.807, 2.05) is 7.11 Å². The predicted molar refractivity (Wildman–Crippen MR) is 137 cm³/mol. The van der Waals surface area contributed by atoms with Crippen molar-refractivity contribution in [3.8, 4) is 11.3 Å². The first kappa shape index (κ1) is 23.7. The van der Waals surface area contributed by atoms with Gasteiger partial charge in [0.2, 0.25) is 0 Å². The molecule has 0 amide bonds. The third-order valence-corrected chi connectivity index (χ3v) is 7.66. The number of rotatable bonds is 8. The van der Waals surface area contributed by atoms with Crippen molar-refractivity contribution in [1.29, 1.82) is 0 Å². The summed E-state index contributed by atoms with van der Waals surface area (Å²) in [7, 11) is 1.81. The quantitative estimate of drug-likeness (QED) is 0.425. The second-order valence-electron chi connectivity index (χ2n) is 9.82. The highest BCUT2D eigenvalue weighted by Crippen LogP contribution is 2.49. The van der Waals surface area contributed by atoms with Gasteiger partial charge in [-0.2, -0.15) is 5.10 Å². The van der Waals surface area contributed by atoms with Crippen molar-refractivity contribution in [3.05, 3.63) is 76.0 Å². The molecule has 0 bridgehead atoms. The lowest BCUT2D eigenvalue weighted by molar-refractivity contribution is 0.119. The molecule has 1 aromatic heterocycles. The number of aryl methyl sites for hydroxylation is 3. The summed E-state index contributed by atoms with van der Waals surface area (Å²) in [4.78, 5) is 0. The van der Waals surface area contributed by atoms with Crippen LogP contribution in [0, 0.1) is 20.8 Å². The maximum atomic E-state index is 5.71. The smallest absolute Gasteiger partial charge is 0.0929 e. The number of H-pyrrole nitrogens is 1. The molecule has 0 saturated heterocycles. The van der Waals surface area contributed by atoms with Crippen LogP contribution in [-0.2, 0) is 16.7 Å². The van der Waals surface area contributed by atoms with E-state index in [0.717, 1.165) is 31.5 Å². The number of aromatic amines is 1. The van der Waals surface area contributed by atoms with Crippen molar-refractivity contribution in [2.75, 3.05) is 13.7 Å². The fourth-order valence-corrected chi connectivity index (χ4v) is 6.37. The first-order valence-corrected chi connectivity index (χ1v) is 12.4. The third kappa shape index (κ3) is 4.27. The fourth-order valence-electron chi connectivity index (χ4n) is 6.37. The molecule has 3 aromatic rings. The molecular weight excluding hydrogens is 406 g/mol. The molecule has 2 N–H and O–H groups in total. The van der Waals surface area contributed by atoms with E-state index in [1.165, 1.54) is 39.1 Å². The number of benzene rings is 2. The lowest BCUT2D eigenvalue weighted by Gasteiger charge is -2.47. The summed E-state index contributed by atoms with van der Waals surface area (Å²) in [5.41, 5.74) is 10.2. The van der Waals surface area contributed by atoms with E-state index < -0.39 is 0 Å². The molecule has 1 aliphatic rings. The molecule has 3 unspecified atom stereocenters. The second-order valence-corrected chi connectivity index (χ2v) is 9.82. The van der Waals surface area contributed by atoms with Gasteiger partial charge in [-0.25, -0.2) is 0 Å². The topological polar surface area (TPSA) is 49.9 Å². The van der Waals surface area contributed by atoms with Gasteiger partial charge in [-0.05, 0) is 61.9 Å². The van der Waals surface area contributed by atoms with Crippen LogP contribution in [0.2, 0.25) is 0 Å². The number of nitrogens with one attached hydrogen (secondary N) is 2. The SMILES string of the molecule is CCCC(CC)(c1cc(-c2c(C)cc(C)cc2C)n[nH]1)C1c2ccccc2CNC1COC. The fraction of sp³-hybridized carbons (Fsp3) is 0.483. The highest BCUT2D eigenvalue weighted by molar-refractivity contribution is 5.68. The Bertz CT molecular complexity index is 1080. The summed E-state index contributed by atoms with van der Waals surface area (Å²) in [6.07, 6.45) is 3.25. The number of hydrogen-bond acceptors (Lipinski definition) is 3. The summed E-state index contributed by atoms with van der Waals surface area (Å²) >= 11 is 0. The minimum absolute atomic E-state index is 0.0563. The Hall–Kier alpha value is -2.43. The number of fused-ring (bicyclic) bond motifs is 1.